The standard InChI is InChI=1S/C8H5FO2Se2/c1-11-8(10)7-6(9)4-2-12-3-5(4)13-7/h2-3H,1H3. The van der Waals surface area contributed by atoms with Gasteiger partial charge in [-0.1, -0.05) is 0 Å². The van der Waals surface area contributed by atoms with Crippen LogP contribution in [0, 0.1) is 5.82 Å². The van der Waals surface area contributed by atoms with Gasteiger partial charge in [-0.2, -0.15) is 0 Å². The fourth-order valence-corrected chi connectivity index (χ4v) is 5.84. The molecule has 0 saturated heterocycles. The first-order valence-electron chi connectivity index (χ1n) is 3.46. The third kappa shape index (κ3) is 1.42. The average Bonchev–Trinajstić information content (AvgIpc) is 2.68. The van der Waals surface area contributed by atoms with Crippen molar-refractivity contribution in [3.63, 3.8) is 0 Å². The van der Waals surface area contributed by atoms with Crippen molar-refractivity contribution in [2.24, 2.45) is 0 Å². The molecule has 0 aliphatic carbocycles. The molecule has 0 aliphatic rings. The van der Waals surface area contributed by atoms with Gasteiger partial charge in [-0.3, -0.25) is 0 Å². The molecule has 0 amide bonds. The summed E-state index contributed by atoms with van der Waals surface area (Å²) >= 11 is 0.104. The van der Waals surface area contributed by atoms with Gasteiger partial charge in [-0.15, -0.1) is 0 Å². The Balaban J connectivity index is 2.64. The van der Waals surface area contributed by atoms with Crippen molar-refractivity contribution < 1.29 is 13.9 Å². The molecule has 68 valence electrons. The molecule has 0 unspecified atom stereocenters. The summed E-state index contributed by atoms with van der Waals surface area (Å²) in [6.07, 6.45) is 0. The first-order valence-corrected chi connectivity index (χ1v) is 7.15. The molecular formula is C8H5FO2Se2. The maximum absolute atomic E-state index is 13.5. The molecule has 5 heteroatoms. The number of ether oxygens (including phenoxy) is 1. The van der Waals surface area contributed by atoms with Gasteiger partial charge >= 0.3 is 85.8 Å². The molecule has 0 aliphatic heterocycles. The summed E-state index contributed by atoms with van der Waals surface area (Å²) in [5.41, 5.74) is 0. The third-order valence-electron chi connectivity index (χ3n) is 1.65. The molecule has 2 aromatic heterocycles. The van der Waals surface area contributed by atoms with E-state index in [2.05, 4.69) is 4.74 Å². The molecular weight excluding hydrogens is 305 g/mol. The summed E-state index contributed by atoms with van der Waals surface area (Å²) in [6.45, 7) is 0. The number of fused-ring (bicyclic) bond motifs is 1. The van der Waals surface area contributed by atoms with Crippen LogP contribution in [0.1, 0.15) is 9.23 Å². The molecule has 0 saturated carbocycles. The Kier molecular flexibility index (Phi) is 2.43. The SMILES string of the molecule is COC(=O)c1[se]c2c[se]cc2c1F. The van der Waals surface area contributed by atoms with Crippen LogP contribution in [0.2, 0.25) is 0 Å². The molecule has 13 heavy (non-hydrogen) atoms. The molecule has 0 spiro atoms. The van der Waals surface area contributed by atoms with E-state index in [0.717, 1.165) is 4.26 Å². The van der Waals surface area contributed by atoms with Crippen molar-refractivity contribution in [2.75, 3.05) is 7.11 Å². The van der Waals surface area contributed by atoms with Crippen LogP contribution < -0.4 is 0 Å². The zero-order valence-corrected chi connectivity index (χ0v) is 10.1. The fraction of sp³-hybridized carbons (Fsp3) is 0.125. The Morgan fingerprint density at radius 1 is 1.54 bits per heavy atom. The molecule has 0 atom stereocenters. The van der Waals surface area contributed by atoms with Gasteiger partial charge in [0.1, 0.15) is 0 Å². The summed E-state index contributed by atoms with van der Waals surface area (Å²) in [5, 5.41) is 0.639. The van der Waals surface area contributed by atoms with Gasteiger partial charge in [-0.25, -0.2) is 0 Å². The molecule has 0 N–H and O–H groups in total. The Labute approximate surface area is 85.8 Å². The number of carbonyl (C=O) groups is 1. The van der Waals surface area contributed by atoms with Crippen LogP contribution >= 0.6 is 0 Å². The van der Waals surface area contributed by atoms with Crippen molar-refractivity contribution in [2.45, 2.75) is 0 Å². The zero-order valence-electron chi connectivity index (χ0n) is 6.67. The monoisotopic (exact) mass is 312 g/mol. The van der Waals surface area contributed by atoms with Crippen LogP contribution in [0.3, 0.4) is 0 Å². The Morgan fingerprint density at radius 3 is 2.92 bits per heavy atom. The summed E-state index contributed by atoms with van der Waals surface area (Å²) in [6, 6.07) is 0. The van der Waals surface area contributed by atoms with Gasteiger partial charge < -0.3 is 0 Å². The molecule has 0 aromatic carbocycles. The summed E-state index contributed by atoms with van der Waals surface area (Å²) in [7, 11) is 1.28. The number of hydrogen-bond donors (Lipinski definition) is 0. The van der Waals surface area contributed by atoms with Crippen molar-refractivity contribution in [1.82, 2.24) is 0 Å². The first-order chi connectivity index (χ1) is 6.24. The molecule has 0 fully saturated rings. The number of esters is 1. The van der Waals surface area contributed by atoms with Gasteiger partial charge in [0.2, 0.25) is 0 Å². The topological polar surface area (TPSA) is 26.3 Å². The minimum atomic E-state index is -0.527. The van der Waals surface area contributed by atoms with Gasteiger partial charge in [0.15, 0.2) is 0 Å². The van der Waals surface area contributed by atoms with Gasteiger partial charge in [0.05, 0.1) is 0 Å². The van der Waals surface area contributed by atoms with Crippen LogP contribution in [0.15, 0.2) is 9.88 Å². The quantitative estimate of drug-likeness (QED) is 0.577. The normalized spacial score (nSPS) is 10.6. The maximum atomic E-state index is 13.5. The third-order valence-corrected chi connectivity index (χ3v) is 6.29. The fourth-order valence-electron chi connectivity index (χ4n) is 1.03. The number of hydrogen-bond acceptors (Lipinski definition) is 2. The summed E-state index contributed by atoms with van der Waals surface area (Å²) in [5.74, 6) is -0.890. The van der Waals surface area contributed by atoms with E-state index in [1.807, 2.05) is 9.88 Å². The first kappa shape index (κ1) is 9.22. The second kappa shape index (κ2) is 3.43. The van der Waals surface area contributed by atoms with E-state index in [-0.39, 0.29) is 39.3 Å². The van der Waals surface area contributed by atoms with E-state index in [4.69, 9.17) is 0 Å². The summed E-state index contributed by atoms with van der Waals surface area (Å²) < 4.78 is 19.2. The minimum absolute atomic E-state index is 0.179. The zero-order chi connectivity index (χ0) is 9.42. The van der Waals surface area contributed by atoms with Crippen molar-refractivity contribution >= 4 is 44.6 Å². The van der Waals surface area contributed by atoms with Crippen LogP contribution in [-0.2, 0) is 4.74 Å². The van der Waals surface area contributed by atoms with E-state index in [9.17, 15) is 9.18 Å². The molecule has 2 nitrogen and oxygen atoms in total. The van der Waals surface area contributed by atoms with Crippen LogP contribution in [0.5, 0.6) is 0 Å². The van der Waals surface area contributed by atoms with Gasteiger partial charge in [-0.05, 0) is 0 Å². The van der Waals surface area contributed by atoms with Crippen molar-refractivity contribution in [3.8, 4) is 0 Å². The van der Waals surface area contributed by atoms with E-state index in [1.165, 1.54) is 7.11 Å². The van der Waals surface area contributed by atoms with Crippen molar-refractivity contribution in [1.29, 1.82) is 0 Å². The Morgan fingerprint density at radius 2 is 2.31 bits per heavy atom. The van der Waals surface area contributed by atoms with Gasteiger partial charge in [0, 0.05) is 0 Å². The van der Waals surface area contributed by atoms with Crippen molar-refractivity contribution in [3.05, 3.63) is 20.1 Å². The Bertz CT molecular complexity index is 458. The number of carbonyl (C=O) groups excluding carboxylic acids is 1. The van der Waals surface area contributed by atoms with E-state index in [0.29, 0.717) is 5.39 Å². The second-order valence-corrected chi connectivity index (χ2v) is 6.15. The van der Waals surface area contributed by atoms with E-state index >= 15 is 0 Å². The summed E-state index contributed by atoms with van der Waals surface area (Å²) in [4.78, 5) is 15.0. The van der Waals surface area contributed by atoms with Crippen LogP contribution in [-0.4, -0.2) is 42.1 Å². The second-order valence-electron chi connectivity index (χ2n) is 2.39. The predicted molar refractivity (Wildman–Crippen MR) is 49.1 cm³/mol. The Hall–Kier alpha value is -0.341. The van der Waals surface area contributed by atoms with Crippen LogP contribution in [0.25, 0.3) is 9.65 Å². The van der Waals surface area contributed by atoms with Gasteiger partial charge in [0.25, 0.3) is 0 Å². The van der Waals surface area contributed by atoms with E-state index in [1.54, 1.807) is 0 Å². The molecule has 0 bridgehead atoms. The molecule has 2 rings (SSSR count). The van der Waals surface area contributed by atoms with E-state index < -0.39 is 5.97 Å². The number of methoxy groups -OCH3 is 1. The van der Waals surface area contributed by atoms with Crippen LogP contribution in [0.4, 0.5) is 4.39 Å². The average molecular weight is 310 g/mol. The predicted octanol–water partition coefficient (Wildman–Crippen LogP) is 0.879. The molecule has 2 aromatic rings. The molecule has 0 radical (unpaired) electrons. The molecule has 2 heterocycles. The number of halogens is 1. The number of rotatable bonds is 1.